The van der Waals surface area contributed by atoms with Crippen molar-refractivity contribution >= 4 is 11.6 Å². The van der Waals surface area contributed by atoms with E-state index in [-0.39, 0.29) is 16.7 Å². The van der Waals surface area contributed by atoms with Gasteiger partial charge >= 0.3 is 6.43 Å². The Morgan fingerprint density at radius 3 is 2.23 bits per heavy atom. The predicted octanol–water partition coefficient (Wildman–Crippen LogP) is 7.50. The molecule has 1 amide bonds. The summed E-state index contributed by atoms with van der Waals surface area (Å²) in [5, 5.41) is 3.93. The van der Waals surface area contributed by atoms with Crippen LogP contribution in [0.4, 0.5) is 18.9 Å². The molecule has 0 saturated heterocycles. The minimum absolute atomic E-state index is 0.0413. The van der Waals surface area contributed by atoms with E-state index in [0.29, 0.717) is 31.6 Å². The first-order chi connectivity index (χ1) is 18.6. The van der Waals surface area contributed by atoms with E-state index in [9.17, 15) is 18.0 Å². The molecular weight excluding hydrogens is 503 g/mol. The van der Waals surface area contributed by atoms with Crippen molar-refractivity contribution < 1.29 is 22.5 Å². The molecule has 6 fully saturated rings. The van der Waals surface area contributed by atoms with Crippen LogP contribution in [0.1, 0.15) is 81.5 Å². The molecule has 6 aliphatic carbocycles. The van der Waals surface area contributed by atoms with Crippen LogP contribution in [0.5, 0.6) is 0 Å². The quantitative estimate of drug-likeness (QED) is 0.314. The summed E-state index contributed by atoms with van der Waals surface area (Å²) >= 11 is 0. The van der Waals surface area contributed by atoms with E-state index < -0.39 is 23.4 Å². The van der Waals surface area contributed by atoms with Crippen molar-refractivity contribution in [3.05, 3.63) is 65.8 Å². The normalized spacial score (nSPS) is 32.5. The smallest absolute Gasteiger partial charge is 0.315 e. The molecule has 2 aromatic carbocycles. The third-order valence-corrected chi connectivity index (χ3v) is 10.2. The van der Waals surface area contributed by atoms with Crippen LogP contribution in [0.2, 0.25) is 0 Å². The highest BCUT2D eigenvalue weighted by Gasteiger charge is 2.73. The third kappa shape index (κ3) is 3.93. The van der Waals surface area contributed by atoms with Gasteiger partial charge in [-0.3, -0.25) is 4.79 Å². The monoisotopic (exact) mass is 535 g/mol. The molecule has 0 atom stereocenters. The zero-order chi connectivity index (χ0) is 27.0. The van der Waals surface area contributed by atoms with Crippen LogP contribution in [0.25, 0.3) is 11.1 Å². The van der Waals surface area contributed by atoms with Gasteiger partial charge in [-0.05, 0) is 93.4 Å². The highest BCUT2D eigenvalue weighted by molar-refractivity contribution is 6.00. The fourth-order valence-corrected chi connectivity index (χ4v) is 7.77. The minimum atomic E-state index is -2.77. The molecule has 0 unspecified atom stereocenters. The van der Waals surface area contributed by atoms with E-state index in [1.165, 1.54) is 5.56 Å². The van der Waals surface area contributed by atoms with Crippen LogP contribution >= 0.6 is 0 Å². The lowest BCUT2D eigenvalue weighted by Crippen LogP contribution is -2.71. The van der Waals surface area contributed by atoms with Crippen LogP contribution in [-0.2, 0) is 10.2 Å². The summed E-state index contributed by atoms with van der Waals surface area (Å²) < 4.78 is 45.5. The van der Waals surface area contributed by atoms with Crippen LogP contribution in [-0.4, -0.2) is 28.3 Å². The number of carbonyl (C=O) groups is 1. The first kappa shape index (κ1) is 24.9. The molecular formula is C31H32F3N3O2. The fourth-order valence-electron chi connectivity index (χ4n) is 7.77. The van der Waals surface area contributed by atoms with Gasteiger partial charge in [0.05, 0.1) is 5.41 Å². The first-order valence-corrected chi connectivity index (χ1v) is 13.9. The number of nitrogens with zero attached hydrogens (tertiary/aromatic N) is 3. The Hall–Kier alpha value is -3.16. The Morgan fingerprint density at radius 1 is 0.974 bits per heavy atom. The molecule has 8 heteroatoms. The molecule has 1 aromatic heterocycles. The van der Waals surface area contributed by atoms with Gasteiger partial charge in [0.2, 0.25) is 5.91 Å². The number of alkyl halides is 3. The molecule has 39 heavy (non-hydrogen) atoms. The molecule has 9 rings (SSSR count). The van der Waals surface area contributed by atoms with Gasteiger partial charge in [0.25, 0.3) is 5.89 Å². The molecule has 1 heterocycles. The molecule has 0 radical (unpaired) electrons. The highest BCUT2D eigenvalue weighted by atomic mass is 19.3. The van der Waals surface area contributed by atoms with Crippen molar-refractivity contribution in [2.75, 3.05) is 11.4 Å². The Morgan fingerprint density at radius 2 is 1.64 bits per heavy atom. The molecule has 4 bridgehead atoms. The SMILES string of the molecule is Cc1ccc(-c2cccc(N(CC34CCC(c5noc(C(F)F)n5)(CC3)CC4)C(=O)C34CC(F)(C3)C4)c2)cc1. The van der Waals surface area contributed by atoms with Crippen molar-refractivity contribution in [2.45, 2.75) is 82.2 Å². The number of halogens is 3. The number of anilines is 1. The van der Waals surface area contributed by atoms with Crippen molar-refractivity contribution in [1.82, 2.24) is 10.1 Å². The number of benzene rings is 2. The van der Waals surface area contributed by atoms with Gasteiger partial charge in [-0.25, -0.2) is 4.39 Å². The zero-order valence-electron chi connectivity index (χ0n) is 22.1. The molecule has 6 saturated carbocycles. The van der Waals surface area contributed by atoms with Gasteiger partial charge in [-0.2, -0.15) is 13.8 Å². The number of hydrogen-bond donors (Lipinski definition) is 0. The average Bonchev–Trinajstić information content (AvgIpc) is 3.43. The summed E-state index contributed by atoms with van der Waals surface area (Å²) in [5.41, 5.74) is 2.02. The van der Waals surface area contributed by atoms with Crippen molar-refractivity contribution in [3.8, 4) is 11.1 Å². The van der Waals surface area contributed by atoms with Gasteiger partial charge in [0.15, 0.2) is 5.82 Å². The topological polar surface area (TPSA) is 59.2 Å². The van der Waals surface area contributed by atoms with Crippen molar-refractivity contribution in [1.29, 1.82) is 0 Å². The van der Waals surface area contributed by atoms with E-state index >= 15 is 0 Å². The molecule has 5 nitrogen and oxygen atoms in total. The predicted molar refractivity (Wildman–Crippen MR) is 140 cm³/mol. The molecule has 204 valence electrons. The van der Waals surface area contributed by atoms with E-state index in [2.05, 4.69) is 53.5 Å². The Labute approximate surface area is 225 Å². The number of aromatic nitrogens is 2. The molecule has 3 aromatic rings. The van der Waals surface area contributed by atoms with Crippen LogP contribution in [0.15, 0.2) is 53.1 Å². The molecule has 0 spiro atoms. The maximum Gasteiger partial charge on any atom is 0.315 e. The van der Waals surface area contributed by atoms with Crippen molar-refractivity contribution in [3.63, 3.8) is 0 Å². The summed E-state index contributed by atoms with van der Waals surface area (Å²) in [6, 6.07) is 16.5. The number of rotatable bonds is 7. The number of amides is 1. The average molecular weight is 536 g/mol. The Kier molecular flexibility index (Phi) is 5.36. The lowest BCUT2D eigenvalue weighted by atomic mass is 9.41. The molecule has 0 aliphatic heterocycles. The van der Waals surface area contributed by atoms with Crippen molar-refractivity contribution in [2.24, 2.45) is 10.8 Å². The van der Waals surface area contributed by atoms with Crippen LogP contribution < -0.4 is 4.90 Å². The van der Waals surface area contributed by atoms with Gasteiger partial charge < -0.3 is 9.42 Å². The minimum Gasteiger partial charge on any atom is -0.333 e. The summed E-state index contributed by atoms with van der Waals surface area (Å²) in [6.07, 6.45) is 3.10. The Balaban J connectivity index is 1.17. The van der Waals surface area contributed by atoms with E-state index in [1.54, 1.807) is 0 Å². The number of fused-ring (bicyclic) bond motifs is 3. The lowest BCUT2D eigenvalue weighted by Gasteiger charge is -2.65. The summed E-state index contributed by atoms with van der Waals surface area (Å²) in [7, 11) is 0. The van der Waals surface area contributed by atoms with Gasteiger partial charge in [0.1, 0.15) is 5.67 Å². The number of carbonyl (C=O) groups excluding carboxylic acids is 1. The Bertz CT molecular complexity index is 1390. The maximum absolute atomic E-state index is 14.5. The van der Waals surface area contributed by atoms with Gasteiger partial charge in [0, 0.05) is 17.6 Å². The van der Waals surface area contributed by atoms with E-state index in [4.69, 9.17) is 4.52 Å². The van der Waals surface area contributed by atoms with Crippen LogP contribution in [0, 0.1) is 17.8 Å². The molecule has 0 N–H and O–H groups in total. The molecule has 6 aliphatic rings. The summed E-state index contributed by atoms with van der Waals surface area (Å²) in [4.78, 5) is 20.1. The van der Waals surface area contributed by atoms with Gasteiger partial charge in [-0.1, -0.05) is 47.1 Å². The van der Waals surface area contributed by atoms with E-state index in [0.717, 1.165) is 55.3 Å². The van der Waals surface area contributed by atoms with Gasteiger partial charge in [-0.15, -0.1) is 0 Å². The largest absolute Gasteiger partial charge is 0.333 e. The number of aryl methyl sites for hydroxylation is 1. The second kappa shape index (κ2) is 8.42. The second-order valence-corrected chi connectivity index (χ2v) is 12.8. The first-order valence-electron chi connectivity index (χ1n) is 13.9. The fraction of sp³-hybridized carbons (Fsp3) is 0.516. The summed E-state index contributed by atoms with van der Waals surface area (Å²) in [6.45, 7) is 2.63. The second-order valence-electron chi connectivity index (χ2n) is 12.8. The standard InChI is InChI=1S/C31H32F3N3O2/c1-20-5-7-21(8-6-20)22-3-2-4-23(15-22)37(27(38)30-16-31(34,17-30)18-30)19-28-9-12-29(13-10-28,14-11-28)26-35-25(24(32)33)39-36-26/h2-8,15,24H,9-14,16-19H2,1H3. The third-order valence-electron chi connectivity index (χ3n) is 10.2. The van der Waals surface area contributed by atoms with Crippen LogP contribution in [0.3, 0.4) is 0 Å². The number of hydrogen-bond acceptors (Lipinski definition) is 4. The highest BCUT2D eigenvalue weighted by Crippen LogP contribution is 2.70. The summed E-state index contributed by atoms with van der Waals surface area (Å²) in [5.74, 6) is -0.178. The lowest BCUT2D eigenvalue weighted by molar-refractivity contribution is -0.211. The zero-order valence-corrected chi connectivity index (χ0v) is 22.1. The van der Waals surface area contributed by atoms with E-state index in [1.807, 2.05) is 17.0 Å². The maximum atomic E-state index is 14.5.